The number of unbranched alkanes of at least 4 members (excludes halogenated alkanes) is 14. The van der Waals surface area contributed by atoms with Crippen LogP contribution < -0.4 is 0 Å². The smallest absolute Gasteiger partial charge is 0.00158 e. The summed E-state index contributed by atoms with van der Waals surface area (Å²) in [4.78, 5) is 2.69. The Kier molecular flexibility index (Phi) is 22.3. The minimum atomic E-state index is 1.14. The molecule has 0 amide bonds. The van der Waals surface area contributed by atoms with Crippen LogP contribution in [0.25, 0.3) is 0 Å². The molecule has 0 spiro atoms. The van der Waals surface area contributed by atoms with E-state index in [0.29, 0.717) is 0 Å². The molecule has 166 valence electrons. The first kappa shape index (κ1) is 27.4. The molecule has 1 heteroatoms. The van der Waals surface area contributed by atoms with Crippen molar-refractivity contribution in [2.24, 2.45) is 0 Å². The van der Waals surface area contributed by atoms with Crippen LogP contribution in [0.3, 0.4) is 0 Å². The maximum absolute atomic E-state index is 3.99. The average Bonchev–Trinajstić information content (AvgIpc) is 2.68. The van der Waals surface area contributed by atoms with Gasteiger partial charge in [0.25, 0.3) is 0 Å². The number of hydrogen-bond acceptors (Lipinski definition) is 1. The van der Waals surface area contributed by atoms with Crippen LogP contribution in [0.2, 0.25) is 0 Å². The maximum Gasteiger partial charge on any atom is 0.00158 e. The van der Waals surface area contributed by atoms with E-state index in [1.807, 2.05) is 0 Å². The van der Waals surface area contributed by atoms with E-state index in [1.54, 1.807) is 0 Å². The minimum absolute atomic E-state index is 1.14. The second-order valence-electron chi connectivity index (χ2n) is 8.93. The fourth-order valence-electron chi connectivity index (χ4n) is 3.90. The largest absolute Gasteiger partial charge is 0.303 e. The van der Waals surface area contributed by atoms with Crippen molar-refractivity contribution in [1.82, 2.24) is 4.90 Å². The van der Waals surface area contributed by atoms with Gasteiger partial charge in [0, 0.05) is 6.54 Å². The maximum atomic E-state index is 3.99. The van der Waals surface area contributed by atoms with Crippen LogP contribution in [0, 0.1) is 0 Å². The van der Waals surface area contributed by atoms with Crippen molar-refractivity contribution in [3.63, 3.8) is 0 Å². The van der Waals surface area contributed by atoms with Crippen molar-refractivity contribution in [1.29, 1.82) is 0 Å². The summed E-state index contributed by atoms with van der Waals surface area (Å²) in [6.07, 6.45) is 27.0. The molecule has 0 aliphatic rings. The molecule has 0 atom stereocenters. The molecule has 28 heavy (non-hydrogen) atoms. The van der Waals surface area contributed by atoms with Crippen molar-refractivity contribution >= 4 is 0 Å². The molecule has 0 bridgehead atoms. The summed E-state index contributed by atoms with van der Waals surface area (Å²) in [5.74, 6) is 0. The van der Waals surface area contributed by atoms with Crippen molar-refractivity contribution < 1.29 is 0 Å². The van der Waals surface area contributed by atoms with Gasteiger partial charge in [-0.3, -0.25) is 0 Å². The lowest BCUT2D eigenvalue weighted by Gasteiger charge is -2.21. The number of hydrogen-bond donors (Lipinski definition) is 0. The molecule has 0 aromatic carbocycles. The van der Waals surface area contributed by atoms with Gasteiger partial charge in [0.15, 0.2) is 0 Å². The molecular formula is C27H53N. The lowest BCUT2D eigenvalue weighted by Crippen LogP contribution is -2.27. The predicted octanol–water partition coefficient (Wildman–Crippen LogP) is 9.09. The molecule has 0 N–H and O–H groups in total. The first-order valence-electron chi connectivity index (χ1n) is 12.7. The predicted molar refractivity (Wildman–Crippen MR) is 130 cm³/mol. The Balaban J connectivity index is 3.56. The first-order chi connectivity index (χ1) is 13.7. The Morgan fingerprint density at radius 1 is 0.643 bits per heavy atom. The summed E-state index contributed by atoms with van der Waals surface area (Å²) >= 11 is 0. The third-order valence-electron chi connectivity index (χ3n) is 5.81. The second-order valence-corrected chi connectivity index (χ2v) is 8.93. The van der Waals surface area contributed by atoms with Crippen LogP contribution in [0.15, 0.2) is 24.8 Å². The quantitative estimate of drug-likeness (QED) is 0.124. The van der Waals surface area contributed by atoms with Crippen molar-refractivity contribution in [3.8, 4) is 0 Å². The second kappa shape index (κ2) is 22.7. The van der Waals surface area contributed by atoms with Gasteiger partial charge in [0.05, 0.1) is 0 Å². The van der Waals surface area contributed by atoms with Crippen LogP contribution in [0.5, 0.6) is 0 Å². The van der Waals surface area contributed by atoms with Gasteiger partial charge in [-0.15, -0.1) is 13.2 Å². The molecule has 0 rings (SSSR count). The number of nitrogens with zero attached hydrogens (tertiary/aromatic N) is 1. The molecule has 0 saturated carbocycles. The SMILES string of the molecule is C=CCCN(CCCCCCCCCC)CCCCCCCCCCC(=C)C. The molecule has 1 nitrogen and oxygen atoms in total. The lowest BCUT2D eigenvalue weighted by molar-refractivity contribution is 0.264. The van der Waals surface area contributed by atoms with Crippen LogP contribution in [-0.2, 0) is 0 Å². The van der Waals surface area contributed by atoms with E-state index in [4.69, 9.17) is 0 Å². The summed E-state index contributed by atoms with van der Waals surface area (Å²) in [5.41, 5.74) is 1.34. The number of rotatable bonds is 23. The molecule has 0 heterocycles. The topological polar surface area (TPSA) is 3.24 Å². The summed E-state index contributed by atoms with van der Waals surface area (Å²) in [7, 11) is 0. The molecule has 0 fully saturated rings. The van der Waals surface area contributed by atoms with Crippen molar-refractivity contribution in [2.75, 3.05) is 19.6 Å². The minimum Gasteiger partial charge on any atom is -0.303 e. The van der Waals surface area contributed by atoms with E-state index in [-0.39, 0.29) is 0 Å². The standard InChI is InChI=1S/C27H53N/c1-5-7-9-10-11-15-18-21-25-28(24-8-6-2)26-22-19-16-13-12-14-17-20-23-27(3)4/h6H,2-3,5,7-26H2,1,4H3. The highest BCUT2D eigenvalue weighted by molar-refractivity contribution is 4.86. The van der Waals surface area contributed by atoms with Gasteiger partial charge in [-0.25, -0.2) is 0 Å². The van der Waals surface area contributed by atoms with Crippen LogP contribution in [0.1, 0.15) is 129 Å². The van der Waals surface area contributed by atoms with Gasteiger partial charge in [-0.1, -0.05) is 102 Å². The Morgan fingerprint density at radius 2 is 1.07 bits per heavy atom. The fraction of sp³-hybridized carbons (Fsp3) is 0.852. The monoisotopic (exact) mass is 391 g/mol. The molecule has 0 aromatic rings. The molecule has 0 saturated heterocycles. The van der Waals surface area contributed by atoms with Gasteiger partial charge >= 0.3 is 0 Å². The van der Waals surface area contributed by atoms with E-state index in [1.165, 1.54) is 134 Å². The Bertz CT molecular complexity index is 333. The zero-order valence-electron chi connectivity index (χ0n) is 19.8. The summed E-state index contributed by atoms with van der Waals surface area (Å²) in [5, 5.41) is 0. The van der Waals surface area contributed by atoms with E-state index in [0.717, 1.165) is 6.42 Å². The van der Waals surface area contributed by atoms with E-state index in [2.05, 4.69) is 38.0 Å². The van der Waals surface area contributed by atoms with Gasteiger partial charge in [-0.05, 0) is 52.1 Å². The van der Waals surface area contributed by atoms with E-state index < -0.39 is 0 Å². The molecule has 0 aliphatic heterocycles. The highest BCUT2D eigenvalue weighted by Gasteiger charge is 2.04. The third-order valence-corrected chi connectivity index (χ3v) is 5.81. The first-order valence-corrected chi connectivity index (χ1v) is 12.7. The fourth-order valence-corrected chi connectivity index (χ4v) is 3.90. The van der Waals surface area contributed by atoms with Gasteiger partial charge in [0.2, 0.25) is 0 Å². The zero-order chi connectivity index (χ0) is 20.7. The van der Waals surface area contributed by atoms with Gasteiger partial charge in [-0.2, -0.15) is 0 Å². The van der Waals surface area contributed by atoms with Crippen molar-refractivity contribution in [3.05, 3.63) is 24.8 Å². The molecule has 0 radical (unpaired) electrons. The summed E-state index contributed by atoms with van der Waals surface area (Å²) in [6, 6.07) is 0. The van der Waals surface area contributed by atoms with Gasteiger partial charge < -0.3 is 4.90 Å². The Hall–Kier alpha value is -0.560. The third kappa shape index (κ3) is 21.7. The highest BCUT2D eigenvalue weighted by Crippen LogP contribution is 2.13. The summed E-state index contributed by atoms with van der Waals surface area (Å²) in [6.45, 7) is 16.1. The van der Waals surface area contributed by atoms with Crippen LogP contribution in [0.4, 0.5) is 0 Å². The van der Waals surface area contributed by atoms with E-state index in [9.17, 15) is 0 Å². The molecule has 0 aliphatic carbocycles. The zero-order valence-corrected chi connectivity index (χ0v) is 19.8. The number of allylic oxidation sites excluding steroid dienone is 1. The Morgan fingerprint density at radius 3 is 1.50 bits per heavy atom. The van der Waals surface area contributed by atoms with Crippen LogP contribution >= 0.6 is 0 Å². The van der Waals surface area contributed by atoms with Crippen molar-refractivity contribution in [2.45, 2.75) is 129 Å². The lowest BCUT2D eigenvalue weighted by atomic mass is 10.1. The summed E-state index contributed by atoms with van der Waals surface area (Å²) < 4.78 is 0. The Labute approximate surface area is 179 Å². The normalized spacial score (nSPS) is 11.2. The van der Waals surface area contributed by atoms with Gasteiger partial charge in [0.1, 0.15) is 0 Å². The molecule has 0 aromatic heterocycles. The van der Waals surface area contributed by atoms with Crippen LogP contribution in [-0.4, -0.2) is 24.5 Å². The van der Waals surface area contributed by atoms with E-state index >= 15 is 0 Å². The molecule has 0 unspecified atom stereocenters. The highest BCUT2D eigenvalue weighted by atomic mass is 15.1. The average molecular weight is 392 g/mol. The molecular weight excluding hydrogens is 338 g/mol.